The fourth-order valence-corrected chi connectivity index (χ4v) is 8.16. The molecule has 0 saturated heterocycles. The second-order valence-electron chi connectivity index (χ2n) is 17.8. The largest absolute Gasteiger partial charge is 0.394 e. The van der Waals surface area contributed by atoms with Gasteiger partial charge in [-0.2, -0.15) is 0 Å². The molecule has 0 aliphatic rings. The average molecular weight is 787 g/mol. The van der Waals surface area contributed by atoms with Gasteiger partial charge in [0.15, 0.2) is 0 Å². The number of aliphatic hydroxyl groups is 5. The Bertz CT molecular complexity index is 705. The molecule has 7 heteroatoms. The van der Waals surface area contributed by atoms with Crippen LogP contribution in [0.25, 0.3) is 0 Å². The van der Waals surface area contributed by atoms with Gasteiger partial charge in [0, 0.05) is 6.61 Å². The number of hydrogen-bond donors (Lipinski definition) is 5. The van der Waals surface area contributed by atoms with Gasteiger partial charge in [0.1, 0.15) is 24.4 Å². The van der Waals surface area contributed by atoms with Gasteiger partial charge in [-0.1, -0.05) is 194 Å². The fourth-order valence-electron chi connectivity index (χ4n) is 8.16. The lowest BCUT2D eigenvalue weighted by Gasteiger charge is -2.35. The third kappa shape index (κ3) is 36.5. The van der Waals surface area contributed by atoms with Gasteiger partial charge in [0.25, 0.3) is 0 Å². The first kappa shape index (κ1) is 54.7. The standard InChI is InChI=1S/C48H100NO6/c1-4-6-8-10-12-14-16-18-20-22-24-26-28-30-32-35-39-49(3,41-37-34-38-42-55-44-46(52)48(54)47(53)45(51)43-50)40-36-33-31-29-27-25-23-21-19-17-15-13-11-9-7-5-2/h45-48,50-54H,4-44H2,1-3H3/q+1/t45-,46+,47+,48-/m1/s1. The Balaban J connectivity index is 4.25. The van der Waals surface area contributed by atoms with Crippen LogP contribution in [-0.4, -0.2) is 101 Å². The molecule has 4 atom stereocenters. The fraction of sp³-hybridized carbons (Fsp3) is 1.00. The van der Waals surface area contributed by atoms with Gasteiger partial charge in [0.05, 0.1) is 39.9 Å². The molecule has 0 aliphatic heterocycles. The molecular formula is C48H100NO6+. The van der Waals surface area contributed by atoms with Crippen LogP contribution in [0.15, 0.2) is 0 Å². The average Bonchev–Trinajstić information content (AvgIpc) is 3.19. The molecule has 0 aromatic rings. The van der Waals surface area contributed by atoms with E-state index in [1.165, 1.54) is 230 Å². The zero-order valence-electron chi connectivity index (χ0n) is 37.4. The van der Waals surface area contributed by atoms with Crippen molar-refractivity contribution in [2.45, 2.75) is 263 Å². The topological polar surface area (TPSA) is 110 Å². The zero-order valence-corrected chi connectivity index (χ0v) is 37.4. The van der Waals surface area contributed by atoms with Crippen molar-refractivity contribution in [3.63, 3.8) is 0 Å². The summed E-state index contributed by atoms with van der Waals surface area (Å²) >= 11 is 0. The van der Waals surface area contributed by atoms with E-state index >= 15 is 0 Å². The smallest absolute Gasteiger partial charge is 0.111 e. The Labute approximate surface area is 343 Å². The van der Waals surface area contributed by atoms with Crippen molar-refractivity contribution in [1.82, 2.24) is 0 Å². The minimum atomic E-state index is -1.61. The van der Waals surface area contributed by atoms with Gasteiger partial charge < -0.3 is 34.8 Å². The van der Waals surface area contributed by atoms with E-state index in [4.69, 9.17) is 9.84 Å². The van der Waals surface area contributed by atoms with E-state index in [0.29, 0.717) is 6.61 Å². The van der Waals surface area contributed by atoms with Crippen molar-refractivity contribution >= 4 is 0 Å². The van der Waals surface area contributed by atoms with E-state index < -0.39 is 31.0 Å². The van der Waals surface area contributed by atoms with Crippen LogP contribution in [0.3, 0.4) is 0 Å². The summed E-state index contributed by atoms with van der Waals surface area (Å²) in [5.74, 6) is 0. The number of rotatable bonds is 46. The van der Waals surface area contributed by atoms with Crippen molar-refractivity contribution in [1.29, 1.82) is 0 Å². The Morgan fingerprint density at radius 3 is 0.909 bits per heavy atom. The molecule has 0 spiro atoms. The maximum atomic E-state index is 10.1. The first-order valence-electron chi connectivity index (χ1n) is 24.6. The molecule has 0 aromatic heterocycles. The summed E-state index contributed by atoms with van der Waals surface area (Å²) in [6.07, 6.45) is 42.2. The number of unbranched alkanes of at least 4 members (excludes halogenated alkanes) is 32. The van der Waals surface area contributed by atoms with Crippen molar-refractivity contribution in [3.05, 3.63) is 0 Å². The Morgan fingerprint density at radius 1 is 0.364 bits per heavy atom. The highest BCUT2D eigenvalue weighted by Gasteiger charge is 2.30. The molecule has 0 rings (SSSR count). The quantitative estimate of drug-likeness (QED) is 0.0310. The molecule has 0 fully saturated rings. The van der Waals surface area contributed by atoms with Crippen LogP contribution in [-0.2, 0) is 4.74 Å². The second kappa shape index (κ2) is 41.9. The number of nitrogens with zero attached hydrogens (tertiary/aromatic N) is 1. The van der Waals surface area contributed by atoms with Gasteiger partial charge in [0.2, 0.25) is 0 Å². The van der Waals surface area contributed by atoms with Gasteiger partial charge in [-0.05, 0) is 44.9 Å². The summed E-state index contributed by atoms with van der Waals surface area (Å²) in [5, 5.41) is 48.3. The van der Waals surface area contributed by atoms with E-state index in [-0.39, 0.29) is 6.61 Å². The molecule has 0 bridgehead atoms. The first-order valence-corrected chi connectivity index (χ1v) is 24.6. The van der Waals surface area contributed by atoms with E-state index in [9.17, 15) is 20.4 Å². The van der Waals surface area contributed by atoms with E-state index in [2.05, 4.69) is 20.9 Å². The number of aliphatic hydroxyl groups excluding tert-OH is 5. The highest BCUT2D eigenvalue weighted by Crippen LogP contribution is 2.18. The normalized spacial score (nSPS) is 14.4. The molecule has 0 saturated carbocycles. The lowest BCUT2D eigenvalue weighted by atomic mass is 10.0. The third-order valence-electron chi connectivity index (χ3n) is 12.2. The molecule has 332 valence electrons. The molecule has 55 heavy (non-hydrogen) atoms. The van der Waals surface area contributed by atoms with Crippen molar-refractivity contribution < 1.29 is 34.8 Å². The van der Waals surface area contributed by atoms with Crippen LogP contribution in [0.4, 0.5) is 0 Å². The molecule has 5 N–H and O–H groups in total. The monoisotopic (exact) mass is 787 g/mol. The molecule has 0 aromatic carbocycles. The predicted octanol–water partition coefficient (Wildman–Crippen LogP) is 11.6. The van der Waals surface area contributed by atoms with Crippen LogP contribution in [0, 0.1) is 0 Å². The third-order valence-corrected chi connectivity index (χ3v) is 12.2. The molecule has 7 nitrogen and oxygen atoms in total. The summed E-state index contributed by atoms with van der Waals surface area (Å²) in [5.41, 5.74) is 0. The summed E-state index contributed by atoms with van der Waals surface area (Å²) in [4.78, 5) is 0. The minimum absolute atomic E-state index is 0.108. The summed E-state index contributed by atoms with van der Waals surface area (Å²) in [6.45, 7) is 8.04. The van der Waals surface area contributed by atoms with E-state index in [1.54, 1.807) is 0 Å². The van der Waals surface area contributed by atoms with Gasteiger partial charge in [-0.25, -0.2) is 0 Å². The van der Waals surface area contributed by atoms with Gasteiger partial charge >= 0.3 is 0 Å². The first-order chi connectivity index (χ1) is 26.8. The van der Waals surface area contributed by atoms with Crippen LogP contribution in [0.1, 0.15) is 239 Å². The van der Waals surface area contributed by atoms with Gasteiger partial charge in [-0.15, -0.1) is 0 Å². The van der Waals surface area contributed by atoms with E-state index in [0.717, 1.165) is 19.3 Å². The number of quaternary nitrogens is 1. The Morgan fingerprint density at radius 2 is 0.618 bits per heavy atom. The number of ether oxygens (including phenoxy) is 1. The van der Waals surface area contributed by atoms with Crippen LogP contribution < -0.4 is 0 Å². The maximum Gasteiger partial charge on any atom is 0.111 e. The highest BCUT2D eigenvalue weighted by atomic mass is 16.5. The molecule has 0 amide bonds. The lowest BCUT2D eigenvalue weighted by molar-refractivity contribution is -0.910. The Kier molecular flexibility index (Phi) is 41.7. The van der Waals surface area contributed by atoms with Crippen molar-refractivity contribution in [2.24, 2.45) is 0 Å². The van der Waals surface area contributed by atoms with Crippen molar-refractivity contribution in [2.75, 3.05) is 46.5 Å². The van der Waals surface area contributed by atoms with Crippen molar-refractivity contribution in [3.8, 4) is 0 Å². The predicted molar refractivity (Wildman–Crippen MR) is 236 cm³/mol. The van der Waals surface area contributed by atoms with Crippen LogP contribution in [0.2, 0.25) is 0 Å². The molecule has 0 aliphatic carbocycles. The van der Waals surface area contributed by atoms with Crippen LogP contribution in [0.5, 0.6) is 0 Å². The van der Waals surface area contributed by atoms with Crippen LogP contribution >= 0.6 is 0 Å². The maximum absolute atomic E-state index is 10.1. The summed E-state index contributed by atoms with van der Waals surface area (Å²) in [6, 6.07) is 0. The molecule has 0 radical (unpaired) electrons. The summed E-state index contributed by atoms with van der Waals surface area (Å²) < 4.78 is 6.74. The molecule has 0 unspecified atom stereocenters. The minimum Gasteiger partial charge on any atom is -0.394 e. The molecule has 0 heterocycles. The second-order valence-corrected chi connectivity index (χ2v) is 17.8. The highest BCUT2D eigenvalue weighted by molar-refractivity contribution is 4.80. The lowest BCUT2D eigenvalue weighted by Crippen LogP contribution is -2.47. The Hall–Kier alpha value is -0.280. The van der Waals surface area contributed by atoms with Gasteiger partial charge in [-0.3, -0.25) is 0 Å². The molecular weight excluding hydrogens is 687 g/mol. The number of hydrogen-bond acceptors (Lipinski definition) is 6. The summed E-state index contributed by atoms with van der Waals surface area (Å²) in [7, 11) is 2.48. The zero-order chi connectivity index (χ0) is 40.5. The van der Waals surface area contributed by atoms with E-state index in [1.807, 2.05) is 0 Å². The SMILES string of the molecule is CCCCCCCCCCCCCCCCCC[N+](C)(CCCCCCCCCCCCCCCCCC)CCCCCOC[C@H](O)[C@@H](O)[C@@H](O)[C@H](O)CO.